The molecule has 0 atom stereocenters. The number of halogens is 1. The molecule has 3 N–H and O–H groups in total. The second-order valence-electron chi connectivity index (χ2n) is 9.10. The maximum absolute atomic E-state index is 15.2. The van der Waals surface area contributed by atoms with E-state index in [-0.39, 0.29) is 28.2 Å². The number of aromatic nitrogens is 1. The summed E-state index contributed by atoms with van der Waals surface area (Å²) >= 11 is 0. The van der Waals surface area contributed by atoms with E-state index in [4.69, 9.17) is 5.73 Å². The van der Waals surface area contributed by atoms with E-state index in [0.29, 0.717) is 23.3 Å². The van der Waals surface area contributed by atoms with Crippen molar-refractivity contribution in [3.8, 4) is 6.07 Å². The Morgan fingerprint density at radius 3 is 2.67 bits per heavy atom. The predicted octanol–water partition coefficient (Wildman–Crippen LogP) is 3.69. The van der Waals surface area contributed by atoms with Gasteiger partial charge in [-0.15, -0.1) is 0 Å². The first-order valence-electron chi connectivity index (χ1n) is 10.4. The van der Waals surface area contributed by atoms with E-state index in [1.165, 1.54) is 0 Å². The highest BCUT2D eigenvalue weighted by Crippen LogP contribution is 2.39. The Morgan fingerprint density at radius 1 is 1.40 bits per heavy atom. The van der Waals surface area contributed by atoms with Gasteiger partial charge < -0.3 is 20.5 Å². The summed E-state index contributed by atoms with van der Waals surface area (Å²) in [4.78, 5) is 15.2. The number of nitrogens with two attached hydrogens (primary N) is 1. The van der Waals surface area contributed by atoms with Crippen LogP contribution in [-0.2, 0) is 12.0 Å². The number of benzene rings is 1. The molecule has 1 aromatic heterocycles. The van der Waals surface area contributed by atoms with Crippen molar-refractivity contribution in [3.63, 3.8) is 0 Å². The number of hydrogen-bond donors (Lipinski definition) is 2. The van der Waals surface area contributed by atoms with Crippen LogP contribution < -0.4 is 16.5 Å². The van der Waals surface area contributed by atoms with Crippen LogP contribution in [-0.4, -0.2) is 28.6 Å². The first-order chi connectivity index (χ1) is 14.2. The van der Waals surface area contributed by atoms with E-state index >= 15 is 4.39 Å². The fraction of sp³-hybridized carbons (Fsp3) is 0.478. The summed E-state index contributed by atoms with van der Waals surface area (Å²) in [5, 5.41) is 13.0. The van der Waals surface area contributed by atoms with Gasteiger partial charge in [0.2, 0.25) is 5.43 Å². The second kappa shape index (κ2) is 7.05. The summed E-state index contributed by atoms with van der Waals surface area (Å²) < 4.78 is 17.2. The predicted molar refractivity (Wildman–Crippen MR) is 118 cm³/mol. The highest BCUT2D eigenvalue weighted by molar-refractivity contribution is 5.95. The molecule has 1 fully saturated rings. The summed E-state index contributed by atoms with van der Waals surface area (Å²) in [5.74, 6) is -0.623. The molecule has 3 heterocycles. The molecule has 1 saturated heterocycles. The van der Waals surface area contributed by atoms with Crippen LogP contribution >= 0.6 is 0 Å². The molecule has 0 aliphatic carbocycles. The van der Waals surface area contributed by atoms with E-state index in [9.17, 15) is 10.1 Å². The summed E-state index contributed by atoms with van der Waals surface area (Å²) in [5.41, 5.74) is 7.92. The minimum Gasteiger partial charge on any atom is -0.396 e. The number of nitrogen functional groups attached to an aromatic ring is 1. The molecule has 0 saturated carbocycles. The van der Waals surface area contributed by atoms with Gasteiger partial charge in [0.25, 0.3) is 0 Å². The summed E-state index contributed by atoms with van der Waals surface area (Å²) in [6.07, 6.45) is 3.17. The average molecular weight is 410 g/mol. The van der Waals surface area contributed by atoms with Crippen LogP contribution in [0.5, 0.6) is 0 Å². The summed E-state index contributed by atoms with van der Waals surface area (Å²) in [6, 6.07) is 3.84. The van der Waals surface area contributed by atoms with Gasteiger partial charge >= 0.3 is 0 Å². The minimum atomic E-state index is -0.623. The molecule has 0 spiro atoms. The van der Waals surface area contributed by atoms with Crippen molar-refractivity contribution in [1.82, 2.24) is 9.47 Å². The molecule has 7 heteroatoms. The van der Waals surface area contributed by atoms with Crippen molar-refractivity contribution in [2.45, 2.75) is 58.0 Å². The molecule has 2 aliphatic rings. The largest absolute Gasteiger partial charge is 0.396 e. The smallest absolute Gasteiger partial charge is 0.209 e. The van der Waals surface area contributed by atoms with Gasteiger partial charge in [-0.05, 0) is 52.5 Å². The van der Waals surface area contributed by atoms with Crippen molar-refractivity contribution >= 4 is 22.3 Å². The van der Waals surface area contributed by atoms with Crippen molar-refractivity contribution < 1.29 is 4.39 Å². The number of nitriles is 1. The van der Waals surface area contributed by atoms with Gasteiger partial charge in [0.15, 0.2) is 5.82 Å². The lowest BCUT2D eigenvalue weighted by atomic mass is 10.0. The molecule has 0 radical (unpaired) electrons. The molecule has 4 rings (SSSR count). The van der Waals surface area contributed by atoms with E-state index in [1.807, 2.05) is 17.6 Å². The zero-order valence-electron chi connectivity index (χ0n) is 17.8. The standard InChI is InChI=1S/C23H28FN5O/c1-13(2)28-9-6-14(7-10-28)27-16-11-18-19(21(26)20(16)24)22(30)15(12-25)17-5-8-23(3,4)29(17)18/h11,14,27H,1,5-10,26H2,2-4H3. The highest BCUT2D eigenvalue weighted by Gasteiger charge is 2.35. The van der Waals surface area contributed by atoms with Crippen molar-refractivity contribution in [3.05, 3.63) is 45.6 Å². The van der Waals surface area contributed by atoms with Gasteiger partial charge in [0.05, 0.1) is 22.3 Å². The highest BCUT2D eigenvalue weighted by atomic mass is 19.1. The van der Waals surface area contributed by atoms with Crippen molar-refractivity contribution in [2.24, 2.45) is 0 Å². The number of nitrogens with zero attached hydrogens (tertiary/aromatic N) is 3. The Kier molecular flexibility index (Phi) is 4.76. The Bertz CT molecular complexity index is 1150. The van der Waals surface area contributed by atoms with Crippen molar-refractivity contribution in [1.29, 1.82) is 5.26 Å². The zero-order valence-corrected chi connectivity index (χ0v) is 17.8. The van der Waals surface area contributed by atoms with Crippen LogP contribution in [0.4, 0.5) is 15.8 Å². The first kappa shape index (κ1) is 20.3. The molecular weight excluding hydrogens is 381 g/mol. The van der Waals surface area contributed by atoms with Gasteiger partial charge in [-0.3, -0.25) is 4.79 Å². The normalized spacial score (nSPS) is 18.3. The number of fused-ring (bicyclic) bond motifs is 3. The molecule has 0 unspecified atom stereocenters. The third kappa shape index (κ3) is 3.02. The molecular formula is C23H28FN5O. The van der Waals surface area contributed by atoms with E-state index < -0.39 is 11.2 Å². The maximum Gasteiger partial charge on any atom is 0.209 e. The number of nitrogens with one attached hydrogen (secondary N) is 1. The second-order valence-corrected chi connectivity index (χ2v) is 9.10. The van der Waals surface area contributed by atoms with Crippen LogP contribution in [0.1, 0.15) is 51.3 Å². The molecule has 6 nitrogen and oxygen atoms in total. The molecule has 2 aliphatic heterocycles. The number of allylic oxidation sites excluding steroid dienone is 1. The first-order valence-corrected chi connectivity index (χ1v) is 10.4. The average Bonchev–Trinajstić information content (AvgIpc) is 3.01. The van der Waals surface area contributed by atoms with Gasteiger partial charge in [0.1, 0.15) is 11.6 Å². The Labute approximate surface area is 175 Å². The number of piperidine rings is 1. The molecule has 1 aromatic carbocycles. The number of pyridine rings is 1. The van der Waals surface area contributed by atoms with Gasteiger partial charge in [-0.1, -0.05) is 6.58 Å². The van der Waals surface area contributed by atoms with Crippen molar-refractivity contribution in [2.75, 3.05) is 24.1 Å². The van der Waals surface area contributed by atoms with Crippen LogP contribution in [0.2, 0.25) is 0 Å². The van der Waals surface area contributed by atoms with E-state index in [0.717, 1.165) is 38.0 Å². The number of anilines is 2. The van der Waals surface area contributed by atoms with Gasteiger partial charge in [-0.25, -0.2) is 4.39 Å². The monoisotopic (exact) mass is 409 g/mol. The summed E-state index contributed by atoms with van der Waals surface area (Å²) in [6.45, 7) is 11.8. The maximum atomic E-state index is 15.2. The number of likely N-dealkylation sites (tertiary alicyclic amines) is 1. The fourth-order valence-corrected chi connectivity index (χ4v) is 4.90. The Morgan fingerprint density at radius 2 is 2.07 bits per heavy atom. The quantitative estimate of drug-likeness (QED) is 0.755. The topological polar surface area (TPSA) is 87.1 Å². The Balaban J connectivity index is 1.83. The lowest BCUT2D eigenvalue weighted by Crippen LogP contribution is -2.38. The number of hydrogen-bond acceptors (Lipinski definition) is 5. The van der Waals surface area contributed by atoms with Crippen LogP contribution in [0, 0.1) is 17.1 Å². The van der Waals surface area contributed by atoms with Gasteiger partial charge in [-0.2, -0.15) is 5.26 Å². The van der Waals surface area contributed by atoms with Crippen LogP contribution in [0.25, 0.3) is 10.9 Å². The third-order valence-corrected chi connectivity index (χ3v) is 6.62. The van der Waals surface area contributed by atoms with E-state index in [1.54, 1.807) is 6.07 Å². The molecule has 158 valence electrons. The van der Waals surface area contributed by atoms with Gasteiger partial charge in [0, 0.05) is 36.1 Å². The molecule has 0 bridgehead atoms. The molecule has 30 heavy (non-hydrogen) atoms. The minimum absolute atomic E-state index is 0.0760. The van der Waals surface area contributed by atoms with Crippen LogP contribution in [0.3, 0.4) is 0 Å². The molecule has 2 aromatic rings. The third-order valence-electron chi connectivity index (χ3n) is 6.62. The fourth-order valence-electron chi connectivity index (χ4n) is 4.90. The molecule has 0 amide bonds. The van der Waals surface area contributed by atoms with E-state index in [2.05, 4.69) is 30.6 Å². The van der Waals surface area contributed by atoms with Crippen LogP contribution in [0.15, 0.2) is 23.1 Å². The zero-order chi connectivity index (χ0) is 21.8. The lowest BCUT2D eigenvalue weighted by Gasteiger charge is -2.34. The SMILES string of the molecule is C=C(C)N1CCC(Nc2cc3c(c(N)c2F)c(=O)c(C#N)c2n3C(C)(C)CC2)CC1. The summed E-state index contributed by atoms with van der Waals surface area (Å²) in [7, 11) is 0. The Hall–Kier alpha value is -3.01. The number of rotatable bonds is 3. The lowest BCUT2D eigenvalue weighted by molar-refractivity contribution is 0.273.